The highest BCUT2D eigenvalue weighted by Crippen LogP contribution is 2.13. The van der Waals surface area contributed by atoms with Gasteiger partial charge in [0.2, 0.25) is 0 Å². The lowest BCUT2D eigenvalue weighted by Gasteiger charge is -2.37. The van der Waals surface area contributed by atoms with E-state index in [9.17, 15) is 4.79 Å². The predicted molar refractivity (Wildman–Crippen MR) is 91.1 cm³/mol. The van der Waals surface area contributed by atoms with Crippen molar-refractivity contribution < 1.29 is 4.79 Å². The van der Waals surface area contributed by atoms with E-state index in [1.54, 1.807) is 0 Å². The molecule has 4 nitrogen and oxygen atoms in total. The van der Waals surface area contributed by atoms with Crippen molar-refractivity contribution >= 4 is 5.91 Å². The number of carbonyl (C=O) groups is 1. The van der Waals surface area contributed by atoms with Gasteiger partial charge in [0.05, 0.1) is 0 Å². The third kappa shape index (κ3) is 4.31. The van der Waals surface area contributed by atoms with Crippen LogP contribution in [0.15, 0.2) is 24.3 Å². The molecule has 0 bridgehead atoms. The molecule has 1 saturated heterocycles. The van der Waals surface area contributed by atoms with Crippen molar-refractivity contribution in [3.63, 3.8) is 0 Å². The summed E-state index contributed by atoms with van der Waals surface area (Å²) in [6, 6.07) is 8.65. The van der Waals surface area contributed by atoms with Gasteiger partial charge >= 0.3 is 0 Å². The molecule has 0 N–H and O–H groups in total. The molecule has 1 aromatic rings. The van der Waals surface area contributed by atoms with Crippen molar-refractivity contribution in [1.29, 1.82) is 0 Å². The Morgan fingerprint density at radius 3 is 2.23 bits per heavy atom. The summed E-state index contributed by atoms with van der Waals surface area (Å²) < 4.78 is 0. The molecule has 0 radical (unpaired) electrons. The quantitative estimate of drug-likeness (QED) is 0.835. The van der Waals surface area contributed by atoms with Crippen LogP contribution in [0.2, 0.25) is 0 Å². The lowest BCUT2D eigenvalue weighted by Crippen LogP contribution is -2.51. The van der Waals surface area contributed by atoms with Gasteiger partial charge in [0.15, 0.2) is 0 Å². The summed E-state index contributed by atoms with van der Waals surface area (Å²) in [7, 11) is 4.10. The third-order valence-electron chi connectivity index (χ3n) is 4.52. The molecule has 0 aromatic heterocycles. The first-order valence-corrected chi connectivity index (χ1v) is 8.28. The van der Waals surface area contributed by atoms with E-state index >= 15 is 0 Å². The normalized spacial score (nSPS) is 17.8. The topological polar surface area (TPSA) is 26.8 Å². The molecular formula is C18H29N3O. The average Bonchev–Trinajstić information content (AvgIpc) is 2.54. The molecular weight excluding hydrogens is 274 g/mol. The molecule has 0 aliphatic carbocycles. The van der Waals surface area contributed by atoms with Crippen LogP contribution in [0.25, 0.3) is 0 Å². The Kier molecular flexibility index (Phi) is 5.98. The Morgan fingerprint density at radius 2 is 1.73 bits per heavy atom. The highest BCUT2D eigenvalue weighted by atomic mass is 16.2. The van der Waals surface area contributed by atoms with Crippen molar-refractivity contribution in [3.8, 4) is 0 Å². The Labute approximate surface area is 134 Å². The number of amides is 1. The molecule has 1 fully saturated rings. The van der Waals surface area contributed by atoms with Crippen molar-refractivity contribution in [2.75, 3.05) is 40.3 Å². The minimum absolute atomic E-state index is 0.167. The van der Waals surface area contributed by atoms with Gasteiger partial charge in [-0.05, 0) is 45.1 Å². The molecule has 0 spiro atoms. The number of rotatable bonds is 5. The van der Waals surface area contributed by atoms with E-state index in [2.05, 4.69) is 49.9 Å². The molecule has 1 aliphatic rings. The van der Waals surface area contributed by atoms with Gasteiger partial charge in [0.25, 0.3) is 5.91 Å². The zero-order chi connectivity index (χ0) is 16.1. The fourth-order valence-corrected chi connectivity index (χ4v) is 2.92. The van der Waals surface area contributed by atoms with Crippen LogP contribution >= 0.6 is 0 Å². The van der Waals surface area contributed by atoms with E-state index in [0.717, 1.165) is 38.3 Å². The van der Waals surface area contributed by atoms with Gasteiger partial charge in [-0.3, -0.25) is 9.69 Å². The fourth-order valence-electron chi connectivity index (χ4n) is 2.92. The molecule has 0 saturated carbocycles. The van der Waals surface area contributed by atoms with Crippen LogP contribution in [0, 0.1) is 0 Å². The van der Waals surface area contributed by atoms with Crippen molar-refractivity contribution in [1.82, 2.24) is 14.7 Å². The van der Waals surface area contributed by atoms with E-state index in [-0.39, 0.29) is 5.91 Å². The van der Waals surface area contributed by atoms with Crippen molar-refractivity contribution in [2.24, 2.45) is 0 Å². The van der Waals surface area contributed by atoms with E-state index in [4.69, 9.17) is 0 Å². The largest absolute Gasteiger partial charge is 0.336 e. The number of hydrogen-bond acceptors (Lipinski definition) is 3. The second-order valence-corrected chi connectivity index (χ2v) is 6.52. The summed E-state index contributed by atoms with van der Waals surface area (Å²) in [6.45, 7) is 9.03. The van der Waals surface area contributed by atoms with Crippen molar-refractivity contribution in [2.45, 2.75) is 32.9 Å². The molecule has 1 aliphatic heterocycles. The molecule has 4 heteroatoms. The summed E-state index contributed by atoms with van der Waals surface area (Å²) in [4.78, 5) is 19.2. The zero-order valence-electron chi connectivity index (χ0n) is 14.4. The maximum absolute atomic E-state index is 12.6. The molecule has 1 heterocycles. The molecule has 122 valence electrons. The van der Waals surface area contributed by atoms with Gasteiger partial charge in [-0.25, -0.2) is 0 Å². The van der Waals surface area contributed by atoms with Gasteiger partial charge < -0.3 is 9.80 Å². The fraction of sp³-hybridized carbons (Fsp3) is 0.611. The summed E-state index contributed by atoms with van der Waals surface area (Å²) >= 11 is 0. The second-order valence-electron chi connectivity index (χ2n) is 6.52. The molecule has 1 amide bonds. The van der Waals surface area contributed by atoms with E-state index in [0.29, 0.717) is 6.04 Å². The first-order chi connectivity index (χ1) is 10.5. The number of benzene rings is 1. The average molecular weight is 303 g/mol. The summed E-state index contributed by atoms with van der Waals surface area (Å²) in [5.41, 5.74) is 2.04. The lowest BCUT2D eigenvalue weighted by atomic mass is 10.1. The summed E-state index contributed by atoms with van der Waals surface area (Å²) in [5.74, 6) is 0.167. The third-order valence-corrected chi connectivity index (χ3v) is 4.52. The van der Waals surface area contributed by atoms with Crippen LogP contribution in [0.4, 0.5) is 0 Å². The minimum atomic E-state index is 0.167. The zero-order valence-corrected chi connectivity index (χ0v) is 14.4. The Balaban J connectivity index is 1.92. The Hall–Kier alpha value is -1.39. The Morgan fingerprint density at radius 1 is 1.14 bits per heavy atom. The van der Waals surface area contributed by atoms with Crippen LogP contribution in [0.5, 0.6) is 0 Å². The van der Waals surface area contributed by atoms with Crippen LogP contribution in [0.1, 0.15) is 36.2 Å². The van der Waals surface area contributed by atoms with E-state index in [1.807, 2.05) is 17.0 Å². The van der Waals surface area contributed by atoms with Gasteiger partial charge in [-0.15, -0.1) is 0 Å². The van der Waals surface area contributed by atoms with Crippen LogP contribution in [0.3, 0.4) is 0 Å². The van der Waals surface area contributed by atoms with Crippen LogP contribution < -0.4 is 0 Å². The first-order valence-electron chi connectivity index (χ1n) is 8.28. The summed E-state index contributed by atoms with van der Waals surface area (Å²) in [5, 5.41) is 0. The van der Waals surface area contributed by atoms with Gasteiger partial charge in [-0.1, -0.05) is 19.1 Å². The highest BCUT2D eigenvalue weighted by molar-refractivity contribution is 5.94. The van der Waals surface area contributed by atoms with Crippen LogP contribution in [-0.2, 0) is 6.54 Å². The van der Waals surface area contributed by atoms with E-state index < -0.39 is 0 Å². The minimum Gasteiger partial charge on any atom is -0.336 e. The second kappa shape index (κ2) is 7.75. The highest BCUT2D eigenvalue weighted by Gasteiger charge is 2.23. The molecule has 22 heavy (non-hydrogen) atoms. The van der Waals surface area contributed by atoms with E-state index in [1.165, 1.54) is 12.0 Å². The summed E-state index contributed by atoms with van der Waals surface area (Å²) in [6.07, 6.45) is 1.17. The van der Waals surface area contributed by atoms with Crippen molar-refractivity contribution in [3.05, 3.63) is 35.4 Å². The van der Waals surface area contributed by atoms with Gasteiger partial charge in [0.1, 0.15) is 0 Å². The maximum Gasteiger partial charge on any atom is 0.253 e. The standard InChI is InChI=1S/C18H29N3O/c1-5-15(2)20-10-12-21(13-11-20)18(22)17-8-6-16(7-9-17)14-19(3)4/h6-9,15H,5,10-14H2,1-4H3. The first kappa shape index (κ1) is 17.0. The van der Waals surface area contributed by atoms with Crippen LogP contribution in [-0.4, -0.2) is 66.9 Å². The smallest absolute Gasteiger partial charge is 0.253 e. The molecule has 1 unspecified atom stereocenters. The molecule has 2 rings (SSSR count). The predicted octanol–water partition coefficient (Wildman–Crippen LogP) is 2.30. The lowest BCUT2D eigenvalue weighted by molar-refractivity contribution is 0.0579. The maximum atomic E-state index is 12.6. The number of piperazine rings is 1. The van der Waals surface area contributed by atoms with Gasteiger partial charge in [-0.2, -0.15) is 0 Å². The van der Waals surface area contributed by atoms with Gasteiger partial charge in [0, 0.05) is 44.3 Å². The number of nitrogens with zero attached hydrogens (tertiary/aromatic N) is 3. The molecule has 1 atom stereocenters. The molecule has 1 aromatic carbocycles. The monoisotopic (exact) mass is 303 g/mol. The Bertz CT molecular complexity index is 476. The number of carbonyl (C=O) groups excluding carboxylic acids is 1. The number of hydrogen-bond donors (Lipinski definition) is 0. The SMILES string of the molecule is CCC(C)N1CCN(C(=O)c2ccc(CN(C)C)cc2)CC1.